The van der Waals surface area contributed by atoms with Crippen molar-refractivity contribution in [3.05, 3.63) is 53.1 Å². The number of hydrogen-bond acceptors (Lipinski definition) is 4. The minimum absolute atomic E-state index is 0.0265. The zero-order valence-electron chi connectivity index (χ0n) is 16.8. The minimum Gasteiger partial charge on any atom is -0.493 e. The highest BCUT2D eigenvalue weighted by atomic mass is 16.5. The molecule has 0 saturated carbocycles. The summed E-state index contributed by atoms with van der Waals surface area (Å²) in [5.74, 6) is 1.31. The predicted octanol–water partition coefficient (Wildman–Crippen LogP) is 3.28. The molecule has 28 heavy (non-hydrogen) atoms. The van der Waals surface area contributed by atoms with Crippen LogP contribution in [0.5, 0.6) is 11.5 Å². The highest BCUT2D eigenvalue weighted by molar-refractivity contribution is 5.97. The zero-order valence-corrected chi connectivity index (χ0v) is 16.8. The molecule has 2 amide bonds. The zero-order chi connectivity index (χ0) is 20.3. The van der Waals surface area contributed by atoms with Crippen molar-refractivity contribution >= 4 is 17.5 Å². The van der Waals surface area contributed by atoms with Crippen LogP contribution in [0.1, 0.15) is 35.3 Å². The molecule has 0 unspecified atom stereocenters. The van der Waals surface area contributed by atoms with Gasteiger partial charge in [-0.3, -0.25) is 9.59 Å². The van der Waals surface area contributed by atoms with E-state index in [2.05, 4.69) is 0 Å². The van der Waals surface area contributed by atoms with Gasteiger partial charge < -0.3 is 19.3 Å². The lowest BCUT2D eigenvalue weighted by Gasteiger charge is -2.22. The number of hydrogen-bond donors (Lipinski definition) is 0. The fraction of sp³-hybridized carbons (Fsp3) is 0.364. The van der Waals surface area contributed by atoms with Crippen LogP contribution in [0.15, 0.2) is 36.4 Å². The summed E-state index contributed by atoms with van der Waals surface area (Å²) in [6, 6.07) is 11.3. The molecule has 0 bridgehead atoms. The third kappa shape index (κ3) is 3.81. The van der Waals surface area contributed by atoms with E-state index in [0.717, 1.165) is 23.2 Å². The molecule has 1 aliphatic rings. The fourth-order valence-corrected chi connectivity index (χ4v) is 3.57. The molecule has 148 valence electrons. The summed E-state index contributed by atoms with van der Waals surface area (Å²) in [5.41, 5.74) is 3.57. The number of ether oxygens (including phenoxy) is 2. The summed E-state index contributed by atoms with van der Waals surface area (Å²) < 4.78 is 10.6. The first-order chi connectivity index (χ1) is 13.5. The van der Waals surface area contributed by atoms with Gasteiger partial charge in [-0.25, -0.2) is 0 Å². The normalized spacial score (nSPS) is 12.5. The Kier molecular flexibility index (Phi) is 5.87. The summed E-state index contributed by atoms with van der Waals surface area (Å²) in [4.78, 5) is 28.3. The number of carbonyl (C=O) groups excluding carboxylic acids is 2. The quantitative estimate of drug-likeness (QED) is 0.769. The van der Waals surface area contributed by atoms with Crippen LogP contribution in [-0.4, -0.2) is 44.0 Å². The molecule has 6 heteroatoms. The van der Waals surface area contributed by atoms with Crippen LogP contribution in [0.3, 0.4) is 0 Å². The van der Waals surface area contributed by atoms with E-state index in [1.807, 2.05) is 37.3 Å². The Morgan fingerprint density at radius 2 is 1.82 bits per heavy atom. The number of nitrogens with zero attached hydrogens (tertiary/aromatic N) is 2. The molecule has 0 spiro atoms. The average Bonchev–Trinajstić information content (AvgIpc) is 3.14. The Bertz CT molecular complexity index is 894. The highest BCUT2D eigenvalue weighted by Gasteiger charge is 2.24. The SMILES string of the molecule is CCN(Cc1ccc(OC)c(OC)c1)C(=O)c1ccc2c(c1)CCN2C(C)=O. The van der Waals surface area contributed by atoms with Crippen LogP contribution in [0.4, 0.5) is 5.69 Å². The average molecular weight is 382 g/mol. The number of amides is 2. The van der Waals surface area contributed by atoms with Crippen LogP contribution in [0.2, 0.25) is 0 Å². The molecular formula is C22H26N2O4. The molecule has 0 N–H and O–H groups in total. The summed E-state index contributed by atoms with van der Waals surface area (Å²) in [6.45, 7) is 5.27. The van der Waals surface area contributed by atoms with Gasteiger partial charge in [-0.2, -0.15) is 0 Å². The fourth-order valence-electron chi connectivity index (χ4n) is 3.57. The van der Waals surface area contributed by atoms with E-state index in [-0.39, 0.29) is 11.8 Å². The monoisotopic (exact) mass is 382 g/mol. The molecule has 2 aromatic carbocycles. The Hall–Kier alpha value is -3.02. The van der Waals surface area contributed by atoms with E-state index in [1.54, 1.807) is 37.0 Å². The van der Waals surface area contributed by atoms with Gasteiger partial charge in [-0.05, 0) is 54.8 Å². The van der Waals surface area contributed by atoms with E-state index in [0.29, 0.717) is 36.7 Å². The van der Waals surface area contributed by atoms with Gasteiger partial charge in [-0.1, -0.05) is 6.07 Å². The number of fused-ring (bicyclic) bond motifs is 1. The van der Waals surface area contributed by atoms with Crippen molar-refractivity contribution in [1.29, 1.82) is 0 Å². The standard InChI is InChI=1S/C22H26N2O4/c1-5-23(14-16-6-9-20(27-3)21(12-16)28-4)22(26)18-7-8-19-17(13-18)10-11-24(19)15(2)25/h6-9,12-13H,5,10-11,14H2,1-4H3. The Morgan fingerprint density at radius 1 is 1.07 bits per heavy atom. The maximum atomic E-state index is 13.1. The summed E-state index contributed by atoms with van der Waals surface area (Å²) in [5, 5.41) is 0. The van der Waals surface area contributed by atoms with E-state index in [4.69, 9.17) is 9.47 Å². The highest BCUT2D eigenvalue weighted by Crippen LogP contribution is 2.30. The molecule has 6 nitrogen and oxygen atoms in total. The summed E-state index contributed by atoms with van der Waals surface area (Å²) >= 11 is 0. The van der Waals surface area contributed by atoms with E-state index in [1.165, 1.54) is 0 Å². The topological polar surface area (TPSA) is 59.1 Å². The number of anilines is 1. The van der Waals surface area contributed by atoms with Gasteiger partial charge in [0.2, 0.25) is 5.91 Å². The maximum Gasteiger partial charge on any atom is 0.254 e. The van der Waals surface area contributed by atoms with Crippen LogP contribution in [-0.2, 0) is 17.8 Å². The Labute approximate surface area is 165 Å². The molecule has 2 aromatic rings. The molecule has 1 aliphatic heterocycles. The van der Waals surface area contributed by atoms with Crippen molar-refractivity contribution in [2.75, 3.05) is 32.2 Å². The van der Waals surface area contributed by atoms with Gasteiger partial charge in [0.1, 0.15) is 0 Å². The van der Waals surface area contributed by atoms with Crippen LogP contribution in [0.25, 0.3) is 0 Å². The van der Waals surface area contributed by atoms with Crippen LogP contribution >= 0.6 is 0 Å². The largest absolute Gasteiger partial charge is 0.493 e. The van der Waals surface area contributed by atoms with Crippen molar-refractivity contribution in [2.24, 2.45) is 0 Å². The second kappa shape index (κ2) is 8.33. The van der Waals surface area contributed by atoms with Crippen molar-refractivity contribution in [2.45, 2.75) is 26.8 Å². The van der Waals surface area contributed by atoms with Gasteiger partial charge in [0, 0.05) is 37.8 Å². The third-order valence-corrected chi connectivity index (χ3v) is 5.09. The molecule has 1 heterocycles. The molecule has 0 fully saturated rings. The first kappa shape index (κ1) is 19.7. The number of benzene rings is 2. The lowest BCUT2D eigenvalue weighted by Crippen LogP contribution is -2.30. The summed E-state index contributed by atoms with van der Waals surface area (Å²) in [6.07, 6.45) is 0.776. The Morgan fingerprint density at radius 3 is 2.46 bits per heavy atom. The first-order valence-electron chi connectivity index (χ1n) is 9.39. The van der Waals surface area contributed by atoms with Crippen molar-refractivity contribution in [1.82, 2.24) is 4.90 Å². The summed E-state index contributed by atoms with van der Waals surface area (Å²) in [7, 11) is 3.19. The smallest absolute Gasteiger partial charge is 0.254 e. The second-order valence-corrected chi connectivity index (χ2v) is 6.77. The third-order valence-electron chi connectivity index (χ3n) is 5.09. The first-order valence-corrected chi connectivity index (χ1v) is 9.39. The lowest BCUT2D eigenvalue weighted by atomic mass is 10.1. The number of carbonyl (C=O) groups is 2. The van der Waals surface area contributed by atoms with Gasteiger partial charge >= 0.3 is 0 Å². The minimum atomic E-state index is -0.0265. The van der Waals surface area contributed by atoms with Crippen LogP contribution < -0.4 is 14.4 Å². The molecule has 0 radical (unpaired) electrons. The van der Waals surface area contributed by atoms with Crippen molar-refractivity contribution in [3.8, 4) is 11.5 Å². The molecule has 0 atom stereocenters. The molecule has 3 rings (SSSR count). The number of rotatable bonds is 6. The van der Waals surface area contributed by atoms with E-state index < -0.39 is 0 Å². The molecule has 0 saturated heterocycles. The van der Waals surface area contributed by atoms with E-state index >= 15 is 0 Å². The molecule has 0 aliphatic carbocycles. The van der Waals surface area contributed by atoms with Crippen molar-refractivity contribution in [3.63, 3.8) is 0 Å². The molecular weight excluding hydrogens is 356 g/mol. The molecule has 0 aromatic heterocycles. The van der Waals surface area contributed by atoms with E-state index in [9.17, 15) is 9.59 Å². The van der Waals surface area contributed by atoms with Gasteiger partial charge in [-0.15, -0.1) is 0 Å². The van der Waals surface area contributed by atoms with Gasteiger partial charge in [0.05, 0.1) is 14.2 Å². The second-order valence-electron chi connectivity index (χ2n) is 6.77. The number of methoxy groups -OCH3 is 2. The van der Waals surface area contributed by atoms with Gasteiger partial charge in [0.25, 0.3) is 5.91 Å². The van der Waals surface area contributed by atoms with Gasteiger partial charge in [0.15, 0.2) is 11.5 Å². The Balaban J connectivity index is 1.80. The predicted molar refractivity (Wildman–Crippen MR) is 108 cm³/mol. The van der Waals surface area contributed by atoms with Crippen molar-refractivity contribution < 1.29 is 19.1 Å². The van der Waals surface area contributed by atoms with Crippen LogP contribution in [0, 0.1) is 0 Å². The lowest BCUT2D eigenvalue weighted by molar-refractivity contribution is -0.116. The maximum absolute atomic E-state index is 13.1.